The summed E-state index contributed by atoms with van der Waals surface area (Å²) in [6.45, 7) is 2.87. The van der Waals surface area contributed by atoms with Gasteiger partial charge in [-0.05, 0) is 43.6 Å². The molecule has 4 rings (SSSR count). The Morgan fingerprint density at radius 2 is 1.68 bits per heavy atom. The molecular formula is C23H33N3O2. The number of benzene rings is 1. The molecule has 0 radical (unpaired) electrons. The molecule has 5 nitrogen and oxygen atoms in total. The molecule has 3 unspecified atom stereocenters. The van der Waals surface area contributed by atoms with Crippen LogP contribution in [-0.4, -0.2) is 59.9 Å². The monoisotopic (exact) mass is 383 g/mol. The molecule has 5 heteroatoms. The first-order valence-corrected chi connectivity index (χ1v) is 11.1. The first kappa shape index (κ1) is 19.4. The van der Waals surface area contributed by atoms with Gasteiger partial charge in [0.05, 0.1) is 6.04 Å². The van der Waals surface area contributed by atoms with E-state index in [1.807, 2.05) is 28.0 Å². The van der Waals surface area contributed by atoms with Crippen molar-refractivity contribution >= 4 is 11.8 Å². The summed E-state index contributed by atoms with van der Waals surface area (Å²) in [4.78, 5) is 29.6. The molecule has 0 spiro atoms. The smallest absolute Gasteiger partial charge is 0.239 e. The number of amides is 2. The van der Waals surface area contributed by atoms with Crippen LogP contribution in [0.2, 0.25) is 0 Å². The Balaban J connectivity index is 1.26. The summed E-state index contributed by atoms with van der Waals surface area (Å²) in [6, 6.07) is 10.7. The summed E-state index contributed by atoms with van der Waals surface area (Å²) < 4.78 is 0. The normalized spacial score (nSPS) is 27.9. The van der Waals surface area contributed by atoms with Gasteiger partial charge in [-0.15, -0.1) is 0 Å². The van der Waals surface area contributed by atoms with Crippen molar-refractivity contribution in [2.45, 2.75) is 63.5 Å². The minimum Gasteiger partial charge on any atom is -0.341 e. The van der Waals surface area contributed by atoms with Gasteiger partial charge < -0.3 is 15.1 Å². The largest absolute Gasteiger partial charge is 0.341 e. The average molecular weight is 384 g/mol. The highest BCUT2D eigenvalue weighted by molar-refractivity contribution is 5.82. The molecule has 1 N–H and O–H groups in total. The van der Waals surface area contributed by atoms with Gasteiger partial charge in [0.15, 0.2) is 0 Å². The Bertz CT molecular complexity index is 664. The highest BCUT2D eigenvalue weighted by Gasteiger charge is 2.39. The third kappa shape index (κ3) is 4.57. The van der Waals surface area contributed by atoms with Gasteiger partial charge in [0.1, 0.15) is 0 Å². The number of carbonyl (C=O) groups is 2. The van der Waals surface area contributed by atoms with E-state index >= 15 is 0 Å². The molecule has 3 aliphatic rings. The number of hydrogen-bond donors (Lipinski definition) is 1. The number of fused-ring (bicyclic) bond motifs is 1. The van der Waals surface area contributed by atoms with Gasteiger partial charge in [0.25, 0.3) is 0 Å². The Morgan fingerprint density at radius 3 is 2.50 bits per heavy atom. The van der Waals surface area contributed by atoms with Crippen molar-refractivity contribution in [2.24, 2.45) is 5.92 Å². The van der Waals surface area contributed by atoms with E-state index in [9.17, 15) is 9.59 Å². The highest BCUT2D eigenvalue weighted by Crippen LogP contribution is 2.33. The van der Waals surface area contributed by atoms with E-state index in [1.165, 1.54) is 31.2 Å². The van der Waals surface area contributed by atoms with Crippen LogP contribution in [0.1, 0.15) is 50.5 Å². The van der Waals surface area contributed by atoms with Gasteiger partial charge in [0.2, 0.25) is 11.8 Å². The topological polar surface area (TPSA) is 52.7 Å². The van der Waals surface area contributed by atoms with Gasteiger partial charge in [-0.2, -0.15) is 0 Å². The predicted octanol–water partition coefficient (Wildman–Crippen LogP) is 2.60. The third-order valence-corrected chi connectivity index (χ3v) is 6.79. The summed E-state index contributed by atoms with van der Waals surface area (Å²) in [5.41, 5.74) is 1.20. The lowest BCUT2D eigenvalue weighted by atomic mass is 9.85. The molecule has 2 aliphatic heterocycles. The van der Waals surface area contributed by atoms with Crippen molar-refractivity contribution < 1.29 is 9.59 Å². The molecule has 2 heterocycles. The second kappa shape index (κ2) is 9.08. The van der Waals surface area contributed by atoms with Gasteiger partial charge >= 0.3 is 0 Å². The Kier molecular flexibility index (Phi) is 6.30. The molecule has 1 aromatic rings. The van der Waals surface area contributed by atoms with E-state index < -0.39 is 0 Å². The van der Waals surface area contributed by atoms with Crippen LogP contribution in [0.4, 0.5) is 0 Å². The molecule has 3 atom stereocenters. The first-order chi connectivity index (χ1) is 13.7. The predicted molar refractivity (Wildman–Crippen MR) is 110 cm³/mol. The fourth-order valence-corrected chi connectivity index (χ4v) is 5.17. The van der Waals surface area contributed by atoms with Crippen LogP contribution in [0, 0.1) is 5.92 Å². The molecule has 1 aromatic carbocycles. The first-order valence-electron chi connectivity index (χ1n) is 11.1. The maximum Gasteiger partial charge on any atom is 0.239 e. The van der Waals surface area contributed by atoms with Gasteiger partial charge in [0, 0.05) is 38.6 Å². The second-order valence-corrected chi connectivity index (χ2v) is 8.65. The number of carbonyl (C=O) groups excluding carboxylic acids is 2. The zero-order valence-electron chi connectivity index (χ0n) is 16.8. The number of rotatable bonds is 4. The van der Waals surface area contributed by atoms with Crippen LogP contribution in [0.25, 0.3) is 0 Å². The van der Waals surface area contributed by atoms with Gasteiger partial charge in [-0.25, -0.2) is 0 Å². The van der Waals surface area contributed by atoms with Crippen molar-refractivity contribution in [3.63, 3.8) is 0 Å². The van der Waals surface area contributed by atoms with Crippen molar-refractivity contribution in [2.75, 3.05) is 26.2 Å². The lowest BCUT2D eigenvalue weighted by Gasteiger charge is -2.25. The molecule has 3 fully saturated rings. The summed E-state index contributed by atoms with van der Waals surface area (Å²) in [5.74, 6) is 1.15. The van der Waals surface area contributed by atoms with Gasteiger partial charge in [-0.1, -0.05) is 43.2 Å². The van der Waals surface area contributed by atoms with Crippen molar-refractivity contribution in [1.29, 1.82) is 0 Å². The van der Waals surface area contributed by atoms with E-state index in [2.05, 4.69) is 17.4 Å². The average Bonchev–Trinajstić information content (AvgIpc) is 3.02. The van der Waals surface area contributed by atoms with E-state index in [0.29, 0.717) is 31.5 Å². The highest BCUT2D eigenvalue weighted by atomic mass is 16.2. The number of hydrogen-bond acceptors (Lipinski definition) is 3. The maximum absolute atomic E-state index is 13.0. The van der Waals surface area contributed by atoms with E-state index in [-0.39, 0.29) is 17.9 Å². The molecular weight excluding hydrogens is 350 g/mol. The number of nitrogens with zero attached hydrogens (tertiary/aromatic N) is 2. The standard InChI is InChI=1S/C23H33N3O2/c27-22(12-11-18-7-2-1-3-8-18)25-13-6-14-26(16-15-25)23(28)21-17-19-9-4-5-10-20(19)24-21/h1-3,7-8,19-21,24H,4-6,9-17H2. The van der Waals surface area contributed by atoms with E-state index in [4.69, 9.17) is 0 Å². The molecule has 1 aliphatic carbocycles. The molecule has 152 valence electrons. The molecule has 2 amide bonds. The Morgan fingerprint density at radius 1 is 0.929 bits per heavy atom. The van der Waals surface area contributed by atoms with E-state index in [0.717, 1.165) is 32.4 Å². The van der Waals surface area contributed by atoms with Crippen LogP contribution >= 0.6 is 0 Å². The van der Waals surface area contributed by atoms with E-state index in [1.54, 1.807) is 0 Å². The van der Waals surface area contributed by atoms with Crippen molar-refractivity contribution in [3.05, 3.63) is 35.9 Å². The molecule has 2 saturated heterocycles. The third-order valence-electron chi connectivity index (χ3n) is 6.79. The SMILES string of the molecule is O=C(CCc1ccccc1)N1CCCN(C(=O)C2CC3CCCCC3N2)CC1. The van der Waals surface area contributed by atoms with Crippen LogP contribution in [-0.2, 0) is 16.0 Å². The summed E-state index contributed by atoms with van der Waals surface area (Å²) >= 11 is 0. The lowest BCUT2D eigenvalue weighted by molar-refractivity contribution is -0.134. The number of aryl methyl sites for hydroxylation is 1. The summed E-state index contributed by atoms with van der Waals surface area (Å²) in [6.07, 6.45) is 8.30. The minimum atomic E-state index is -0.00608. The zero-order valence-corrected chi connectivity index (χ0v) is 16.8. The van der Waals surface area contributed by atoms with Crippen molar-refractivity contribution in [3.8, 4) is 0 Å². The van der Waals surface area contributed by atoms with Crippen molar-refractivity contribution in [1.82, 2.24) is 15.1 Å². The summed E-state index contributed by atoms with van der Waals surface area (Å²) in [5, 5.41) is 3.61. The van der Waals surface area contributed by atoms with Crippen LogP contribution in [0.3, 0.4) is 0 Å². The van der Waals surface area contributed by atoms with Gasteiger partial charge in [-0.3, -0.25) is 9.59 Å². The fourth-order valence-electron chi connectivity index (χ4n) is 5.17. The van der Waals surface area contributed by atoms with Crippen LogP contribution in [0.15, 0.2) is 30.3 Å². The Labute approximate surface area is 168 Å². The zero-order chi connectivity index (χ0) is 19.3. The number of nitrogens with one attached hydrogen (secondary N) is 1. The fraction of sp³-hybridized carbons (Fsp3) is 0.652. The quantitative estimate of drug-likeness (QED) is 0.870. The molecule has 28 heavy (non-hydrogen) atoms. The lowest BCUT2D eigenvalue weighted by Crippen LogP contribution is -2.46. The second-order valence-electron chi connectivity index (χ2n) is 8.65. The summed E-state index contributed by atoms with van der Waals surface area (Å²) in [7, 11) is 0. The molecule has 0 bridgehead atoms. The Hall–Kier alpha value is -1.88. The van der Waals surface area contributed by atoms with Crippen LogP contribution < -0.4 is 5.32 Å². The molecule has 0 aromatic heterocycles. The molecule has 1 saturated carbocycles. The van der Waals surface area contributed by atoms with Crippen LogP contribution in [0.5, 0.6) is 0 Å². The minimum absolute atomic E-state index is 0.00608. The maximum atomic E-state index is 13.0.